The van der Waals surface area contributed by atoms with E-state index in [1.54, 1.807) is 0 Å². The number of nitrogens with one attached hydrogen (secondary N) is 1. The molecule has 0 saturated carbocycles. The van der Waals surface area contributed by atoms with E-state index in [0.717, 1.165) is 6.42 Å². The van der Waals surface area contributed by atoms with Gasteiger partial charge in [0.05, 0.1) is 12.1 Å². The molecule has 1 amide bonds. The highest BCUT2D eigenvalue weighted by atomic mass is 16.5. The molecule has 0 aromatic carbocycles. The molecule has 14 heavy (non-hydrogen) atoms. The monoisotopic (exact) mass is 201 g/mol. The molecule has 0 aromatic heterocycles. The lowest BCUT2D eigenvalue weighted by atomic mass is 9.91. The molecule has 1 heterocycles. The number of rotatable bonds is 4. The van der Waals surface area contributed by atoms with Crippen molar-refractivity contribution >= 4 is 5.91 Å². The Balaban J connectivity index is 2.47. The summed E-state index contributed by atoms with van der Waals surface area (Å²) in [6.45, 7) is 3.21. The summed E-state index contributed by atoms with van der Waals surface area (Å²) in [5.41, 5.74) is -0.426. The van der Waals surface area contributed by atoms with Crippen LogP contribution in [0.2, 0.25) is 0 Å². The van der Waals surface area contributed by atoms with Gasteiger partial charge in [0.2, 0.25) is 5.91 Å². The van der Waals surface area contributed by atoms with E-state index in [1.165, 1.54) is 0 Å². The first-order valence-electron chi connectivity index (χ1n) is 5.22. The van der Waals surface area contributed by atoms with E-state index in [-0.39, 0.29) is 12.5 Å². The van der Waals surface area contributed by atoms with Crippen LogP contribution in [0, 0.1) is 0 Å². The van der Waals surface area contributed by atoms with Gasteiger partial charge in [-0.05, 0) is 19.3 Å². The largest absolute Gasteiger partial charge is 0.394 e. The van der Waals surface area contributed by atoms with E-state index in [2.05, 4.69) is 5.32 Å². The van der Waals surface area contributed by atoms with Crippen LogP contribution in [-0.4, -0.2) is 36.4 Å². The Morgan fingerprint density at radius 1 is 1.50 bits per heavy atom. The van der Waals surface area contributed by atoms with Crippen LogP contribution in [0.4, 0.5) is 0 Å². The zero-order valence-electron chi connectivity index (χ0n) is 8.71. The number of hydrogen-bond donors (Lipinski definition) is 2. The summed E-state index contributed by atoms with van der Waals surface area (Å²) in [6, 6.07) is 0. The van der Waals surface area contributed by atoms with Gasteiger partial charge in [-0.25, -0.2) is 0 Å². The first-order valence-corrected chi connectivity index (χ1v) is 5.22. The molecule has 1 aliphatic rings. The summed E-state index contributed by atoms with van der Waals surface area (Å²) in [6.07, 6.45) is 2.78. The van der Waals surface area contributed by atoms with Gasteiger partial charge in [0.1, 0.15) is 0 Å². The van der Waals surface area contributed by atoms with Crippen LogP contribution in [0.25, 0.3) is 0 Å². The van der Waals surface area contributed by atoms with Crippen molar-refractivity contribution in [3.63, 3.8) is 0 Å². The van der Waals surface area contributed by atoms with E-state index in [0.29, 0.717) is 32.5 Å². The van der Waals surface area contributed by atoms with Gasteiger partial charge in [0.25, 0.3) is 0 Å². The molecule has 2 N–H and O–H groups in total. The summed E-state index contributed by atoms with van der Waals surface area (Å²) >= 11 is 0. The smallest absolute Gasteiger partial charge is 0.220 e. The molecule has 0 atom stereocenters. The van der Waals surface area contributed by atoms with Crippen molar-refractivity contribution in [2.75, 3.05) is 19.8 Å². The van der Waals surface area contributed by atoms with Gasteiger partial charge in [-0.3, -0.25) is 4.79 Å². The van der Waals surface area contributed by atoms with E-state index >= 15 is 0 Å². The molecule has 4 nitrogen and oxygen atoms in total. The SMILES string of the molecule is CCCC(=O)NC1(CO)CCOCC1. The van der Waals surface area contributed by atoms with Crippen molar-refractivity contribution < 1.29 is 14.6 Å². The van der Waals surface area contributed by atoms with Crippen LogP contribution >= 0.6 is 0 Å². The highest BCUT2D eigenvalue weighted by molar-refractivity contribution is 5.76. The van der Waals surface area contributed by atoms with Crippen molar-refractivity contribution in [2.24, 2.45) is 0 Å². The lowest BCUT2D eigenvalue weighted by molar-refractivity contribution is -0.125. The maximum Gasteiger partial charge on any atom is 0.220 e. The van der Waals surface area contributed by atoms with Gasteiger partial charge in [-0.15, -0.1) is 0 Å². The summed E-state index contributed by atoms with van der Waals surface area (Å²) < 4.78 is 5.21. The van der Waals surface area contributed by atoms with E-state index in [1.807, 2.05) is 6.92 Å². The van der Waals surface area contributed by atoms with Crippen molar-refractivity contribution in [1.82, 2.24) is 5.32 Å². The first kappa shape index (κ1) is 11.5. The molecule has 1 rings (SSSR count). The molecule has 0 unspecified atom stereocenters. The van der Waals surface area contributed by atoms with Crippen LogP contribution in [0.5, 0.6) is 0 Å². The minimum Gasteiger partial charge on any atom is -0.394 e. The lowest BCUT2D eigenvalue weighted by Crippen LogP contribution is -2.54. The number of aliphatic hydroxyl groups is 1. The second-order valence-corrected chi connectivity index (χ2v) is 3.85. The number of aliphatic hydroxyl groups excluding tert-OH is 1. The summed E-state index contributed by atoms with van der Waals surface area (Å²) in [5.74, 6) is 0.0310. The predicted octanol–water partition coefficient (Wildman–Crippen LogP) is 0.444. The molecule has 0 bridgehead atoms. The quantitative estimate of drug-likeness (QED) is 0.694. The fourth-order valence-electron chi connectivity index (χ4n) is 1.67. The van der Waals surface area contributed by atoms with Crippen LogP contribution < -0.4 is 5.32 Å². The van der Waals surface area contributed by atoms with Crippen LogP contribution in [0.15, 0.2) is 0 Å². The minimum atomic E-state index is -0.426. The minimum absolute atomic E-state index is 0.00577. The molecule has 1 fully saturated rings. The standard InChI is InChI=1S/C10H19NO3/c1-2-3-9(13)11-10(8-12)4-6-14-7-5-10/h12H,2-8H2,1H3,(H,11,13). The topological polar surface area (TPSA) is 58.6 Å². The third kappa shape index (κ3) is 2.96. The fraction of sp³-hybridized carbons (Fsp3) is 0.900. The molecule has 4 heteroatoms. The van der Waals surface area contributed by atoms with E-state index in [4.69, 9.17) is 4.74 Å². The molecule has 1 saturated heterocycles. The van der Waals surface area contributed by atoms with Gasteiger partial charge >= 0.3 is 0 Å². The lowest BCUT2D eigenvalue weighted by Gasteiger charge is -2.36. The summed E-state index contributed by atoms with van der Waals surface area (Å²) in [7, 11) is 0. The Bertz CT molecular complexity index is 188. The average Bonchev–Trinajstić information content (AvgIpc) is 2.19. The average molecular weight is 201 g/mol. The molecule has 0 aliphatic carbocycles. The maximum atomic E-state index is 11.4. The molecule has 0 radical (unpaired) electrons. The number of carbonyl (C=O) groups excluding carboxylic acids is 1. The Hall–Kier alpha value is -0.610. The van der Waals surface area contributed by atoms with Crippen molar-refractivity contribution in [3.05, 3.63) is 0 Å². The van der Waals surface area contributed by atoms with Crippen molar-refractivity contribution in [2.45, 2.75) is 38.1 Å². The normalized spacial score (nSPS) is 20.4. The highest BCUT2D eigenvalue weighted by Gasteiger charge is 2.32. The van der Waals surface area contributed by atoms with Gasteiger partial charge in [-0.1, -0.05) is 6.92 Å². The zero-order valence-corrected chi connectivity index (χ0v) is 8.71. The Morgan fingerprint density at radius 3 is 2.64 bits per heavy atom. The van der Waals surface area contributed by atoms with Gasteiger partial charge in [0, 0.05) is 19.6 Å². The molecular formula is C10H19NO3. The van der Waals surface area contributed by atoms with E-state index < -0.39 is 5.54 Å². The number of ether oxygens (including phenoxy) is 1. The molecule has 0 spiro atoms. The van der Waals surface area contributed by atoms with Gasteiger partial charge < -0.3 is 15.2 Å². The number of carbonyl (C=O) groups is 1. The van der Waals surface area contributed by atoms with Crippen LogP contribution in [0.1, 0.15) is 32.6 Å². The second kappa shape index (κ2) is 5.32. The van der Waals surface area contributed by atoms with Crippen molar-refractivity contribution in [3.8, 4) is 0 Å². The Labute approximate surface area is 84.6 Å². The van der Waals surface area contributed by atoms with Crippen LogP contribution in [0.3, 0.4) is 0 Å². The third-order valence-corrected chi connectivity index (χ3v) is 2.63. The number of hydrogen-bond acceptors (Lipinski definition) is 3. The predicted molar refractivity (Wildman–Crippen MR) is 52.9 cm³/mol. The third-order valence-electron chi connectivity index (χ3n) is 2.63. The molecular weight excluding hydrogens is 182 g/mol. The first-order chi connectivity index (χ1) is 6.72. The molecule has 0 aromatic rings. The maximum absolute atomic E-state index is 11.4. The van der Waals surface area contributed by atoms with Crippen molar-refractivity contribution in [1.29, 1.82) is 0 Å². The summed E-state index contributed by atoms with van der Waals surface area (Å²) in [5, 5.41) is 12.2. The van der Waals surface area contributed by atoms with Gasteiger partial charge in [0.15, 0.2) is 0 Å². The Morgan fingerprint density at radius 2 is 2.14 bits per heavy atom. The van der Waals surface area contributed by atoms with Gasteiger partial charge in [-0.2, -0.15) is 0 Å². The zero-order chi connectivity index (χ0) is 10.4. The second-order valence-electron chi connectivity index (χ2n) is 3.85. The number of amides is 1. The summed E-state index contributed by atoms with van der Waals surface area (Å²) in [4.78, 5) is 11.4. The highest BCUT2D eigenvalue weighted by Crippen LogP contribution is 2.20. The molecule has 1 aliphatic heterocycles. The van der Waals surface area contributed by atoms with E-state index in [9.17, 15) is 9.90 Å². The van der Waals surface area contributed by atoms with Crippen LogP contribution in [-0.2, 0) is 9.53 Å². The fourth-order valence-corrected chi connectivity index (χ4v) is 1.67. The molecule has 82 valence electrons. The Kier molecular flexibility index (Phi) is 4.35.